The molecule has 0 bridgehead atoms. The number of hydrogen-bond acceptors (Lipinski definition) is 0. The van der Waals surface area contributed by atoms with Crippen LogP contribution in [0.15, 0.2) is 42.6 Å². The zero-order chi connectivity index (χ0) is 9.54. The molecule has 3 aromatic rings. The largest absolute Gasteiger partial charge is 0.361 e. The van der Waals surface area contributed by atoms with E-state index in [0.717, 1.165) is 0 Å². The molecule has 1 heteroatoms. The second kappa shape index (κ2) is 2.61. The van der Waals surface area contributed by atoms with Gasteiger partial charge in [-0.25, -0.2) is 0 Å². The van der Waals surface area contributed by atoms with Crippen LogP contribution in [-0.4, -0.2) is 4.98 Å². The van der Waals surface area contributed by atoms with Gasteiger partial charge in [-0.1, -0.05) is 30.3 Å². The summed E-state index contributed by atoms with van der Waals surface area (Å²) in [6.07, 6.45) is 2.00. The number of aromatic nitrogens is 1. The van der Waals surface area contributed by atoms with Crippen LogP contribution in [-0.2, 0) is 0 Å². The van der Waals surface area contributed by atoms with Crippen LogP contribution >= 0.6 is 0 Å². The van der Waals surface area contributed by atoms with Gasteiger partial charge in [-0.15, -0.1) is 0 Å². The summed E-state index contributed by atoms with van der Waals surface area (Å²) in [7, 11) is 0. The molecule has 0 aliphatic rings. The van der Waals surface area contributed by atoms with Gasteiger partial charge >= 0.3 is 0 Å². The average Bonchev–Trinajstić information content (AvgIpc) is 2.65. The minimum absolute atomic E-state index is 1.25. The molecule has 1 nitrogen and oxygen atoms in total. The van der Waals surface area contributed by atoms with Crippen LogP contribution in [0, 0.1) is 6.92 Å². The summed E-state index contributed by atoms with van der Waals surface area (Å²) >= 11 is 0. The molecule has 0 radical (unpaired) electrons. The van der Waals surface area contributed by atoms with Crippen LogP contribution < -0.4 is 0 Å². The maximum atomic E-state index is 3.30. The van der Waals surface area contributed by atoms with Crippen LogP contribution in [0.5, 0.6) is 0 Å². The quantitative estimate of drug-likeness (QED) is 0.545. The smallest absolute Gasteiger partial charge is 0.0536 e. The first-order valence-corrected chi connectivity index (χ1v) is 4.82. The Balaban J connectivity index is 2.67. The number of rotatable bonds is 0. The number of benzene rings is 2. The highest BCUT2D eigenvalue weighted by Crippen LogP contribution is 2.26. The van der Waals surface area contributed by atoms with Gasteiger partial charge in [0.15, 0.2) is 0 Å². The molecule has 68 valence electrons. The summed E-state index contributed by atoms with van der Waals surface area (Å²) in [5.41, 5.74) is 2.58. The molecule has 0 fully saturated rings. The molecule has 0 saturated carbocycles. The van der Waals surface area contributed by atoms with E-state index >= 15 is 0 Å². The van der Waals surface area contributed by atoms with E-state index in [-0.39, 0.29) is 0 Å². The SMILES string of the molecule is Cc1cccc2ccc3cc[nH]c3c12. The van der Waals surface area contributed by atoms with Gasteiger partial charge in [-0.2, -0.15) is 0 Å². The summed E-state index contributed by atoms with van der Waals surface area (Å²) in [5.74, 6) is 0. The molecular formula is C13H11N. The summed E-state index contributed by atoms with van der Waals surface area (Å²) in [5, 5.41) is 3.93. The molecule has 0 atom stereocenters. The zero-order valence-corrected chi connectivity index (χ0v) is 8.04. The molecule has 0 aliphatic carbocycles. The van der Waals surface area contributed by atoms with Crippen LogP contribution in [0.1, 0.15) is 5.56 Å². The van der Waals surface area contributed by atoms with Gasteiger partial charge in [-0.3, -0.25) is 0 Å². The molecule has 1 heterocycles. The summed E-state index contributed by atoms with van der Waals surface area (Å²) in [4.78, 5) is 3.30. The molecule has 0 saturated heterocycles. The van der Waals surface area contributed by atoms with Crippen molar-refractivity contribution in [3.63, 3.8) is 0 Å². The van der Waals surface area contributed by atoms with Gasteiger partial charge in [0.1, 0.15) is 0 Å². The third-order valence-electron chi connectivity index (χ3n) is 2.78. The Hall–Kier alpha value is -1.76. The highest BCUT2D eigenvalue weighted by molar-refractivity contribution is 6.07. The Morgan fingerprint density at radius 3 is 2.71 bits per heavy atom. The summed E-state index contributed by atoms with van der Waals surface area (Å²) in [6, 6.07) is 12.9. The Morgan fingerprint density at radius 1 is 0.929 bits per heavy atom. The number of aryl methyl sites for hydroxylation is 1. The molecule has 0 unspecified atom stereocenters. The van der Waals surface area contributed by atoms with E-state index in [1.807, 2.05) is 6.20 Å². The maximum Gasteiger partial charge on any atom is 0.0536 e. The molecular weight excluding hydrogens is 170 g/mol. The minimum atomic E-state index is 1.25. The van der Waals surface area contributed by atoms with E-state index < -0.39 is 0 Å². The van der Waals surface area contributed by atoms with Crippen molar-refractivity contribution in [3.8, 4) is 0 Å². The van der Waals surface area contributed by atoms with E-state index in [1.54, 1.807) is 0 Å². The monoisotopic (exact) mass is 181 g/mol. The van der Waals surface area contributed by atoms with Crippen molar-refractivity contribution in [1.29, 1.82) is 0 Å². The number of nitrogens with one attached hydrogen (secondary N) is 1. The highest BCUT2D eigenvalue weighted by Gasteiger charge is 2.02. The zero-order valence-electron chi connectivity index (χ0n) is 8.04. The lowest BCUT2D eigenvalue weighted by Gasteiger charge is -2.02. The highest BCUT2D eigenvalue weighted by atomic mass is 14.7. The predicted octanol–water partition coefficient (Wildman–Crippen LogP) is 3.63. The number of H-pyrrole nitrogens is 1. The number of hydrogen-bond donors (Lipinski definition) is 1. The van der Waals surface area contributed by atoms with E-state index in [1.165, 1.54) is 27.2 Å². The lowest BCUT2D eigenvalue weighted by atomic mass is 10.0. The molecule has 1 N–H and O–H groups in total. The second-order valence-corrected chi connectivity index (χ2v) is 3.68. The van der Waals surface area contributed by atoms with E-state index in [0.29, 0.717) is 0 Å². The van der Waals surface area contributed by atoms with Crippen LogP contribution in [0.3, 0.4) is 0 Å². The van der Waals surface area contributed by atoms with Crippen molar-refractivity contribution in [1.82, 2.24) is 4.98 Å². The van der Waals surface area contributed by atoms with Gasteiger partial charge in [0.05, 0.1) is 5.52 Å². The molecule has 2 aromatic carbocycles. The fourth-order valence-corrected chi connectivity index (χ4v) is 2.09. The predicted molar refractivity (Wildman–Crippen MR) is 60.5 cm³/mol. The molecule has 14 heavy (non-hydrogen) atoms. The van der Waals surface area contributed by atoms with Crippen molar-refractivity contribution in [2.24, 2.45) is 0 Å². The molecule has 3 rings (SSSR count). The Bertz CT molecular complexity index is 605. The van der Waals surface area contributed by atoms with Gasteiger partial charge in [-0.05, 0) is 23.9 Å². The topological polar surface area (TPSA) is 15.8 Å². The van der Waals surface area contributed by atoms with Crippen molar-refractivity contribution in [2.45, 2.75) is 6.92 Å². The van der Waals surface area contributed by atoms with Crippen molar-refractivity contribution < 1.29 is 0 Å². The lowest BCUT2D eigenvalue weighted by Crippen LogP contribution is -1.79. The van der Waals surface area contributed by atoms with Crippen LogP contribution in [0.4, 0.5) is 0 Å². The fourth-order valence-electron chi connectivity index (χ4n) is 2.09. The third kappa shape index (κ3) is 0.896. The Morgan fingerprint density at radius 2 is 1.79 bits per heavy atom. The average molecular weight is 181 g/mol. The number of aromatic amines is 1. The standard InChI is InChI=1S/C13H11N/c1-9-3-2-4-10-5-6-11-7-8-14-13(11)12(9)10/h2-8,14H,1H3. The third-order valence-corrected chi connectivity index (χ3v) is 2.78. The van der Waals surface area contributed by atoms with Gasteiger partial charge in [0, 0.05) is 17.0 Å². The van der Waals surface area contributed by atoms with Crippen molar-refractivity contribution in [3.05, 3.63) is 48.2 Å². The number of fused-ring (bicyclic) bond motifs is 3. The fraction of sp³-hybridized carbons (Fsp3) is 0.0769. The van der Waals surface area contributed by atoms with Crippen LogP contribution in [0.25, 0.3) is 21.7 Å². The summed E-state index contributed by atoms with van der Waals surface area (Å²) < 4.78 is 0. The van der Waals surface area contributed by atoms with Gasteiger partial charge < -0.3 is 4.98 Å². The molecule has 0 amide bonds. The normalized spacial score (nSPS) is 11.2. The van der Waals surface area contributed by atoms with E-state index in [2.05, 4.69) is 48.3 Å². The van der Waals surface area contributed by atoms with Crippen LogP contribution in [0.2, 0.25) is 0 Å². The molecule has 0 aliphatic heterocycles. The molecule has 0 spiro atoms. The first kappa shape index (κ1) is 7.63. The van der Waals surface area contributed by atoms with E-state index in [4.69, 9.17) is 0 Å². The second-order valence-electron chi connectivity index (χ2n) is 3.68. The maximum absolute atomic E-state index is 3.30. The molecule has 1 aromatic heterocycles. The first-order valence-electron chi connectivity index (χ1n) is 4.82. The van der Waals surface area contributed by atoms with Gasteiger partial charge in [0.2, 0.25) is 0 Å². The Kier molecular flexibility index (Phi) is 1.42. The Labute approximate surface area is 82.4 Å². The van der Waals surface area contributed by atoms with Crippen molar-refractivity contribution >= 4 is 21.7 Å². The van der Waals surface area contributed by atoms with Gasteiger partial charge in [0.25, 0.3) is 0 Å². The minimum Gasteiger partial charge on any atom is -0.361 e. The summed E-state index contributed by atoms with van der Waals surface area (Å²) in [6.45, 7) is 2.16. The first-order chi connectivity index (χ1) is 6.86. The lowest BCUT2D eigenvalue weighted by molar-refractivity contribution is 1.47. The van der Waals surface area contributed by atoms with Crippen molar-refractivity contribution in [2.75, 3.05) is 0 Å². The van der Waals surface area contributed by atoms with E-state index in [9.17, 15) is 0 Å².